The van der Waals surface area contributed by atoms with E-state index >= 15 is 0 Å². The molecule has 0 saturated carbocycles. The first-order chi connectivity index (χ1) is 7.02. The van der Waals surface area contributed by atoms with Gasteiger partial charge in [0.15, 0.2) is 5.81 Å². The van der Waals surface area contributed by atoms with Crippen molar-refractivity contribution < 1.29 is 14.3 Å². The van der Waals surface area contributed by atoms with Crippen molar-refractivity contribution in [1.82, 2.24) is 5.32 Å². The highest BCUT2D eigenvalue weighted by Gasteiger charge is 2.37. The number of esters is 1. The molecule has 0 aliphatic rings. The number of nitrogens with one attached hydrogen (secondary N) is 1. The quantitative estimate of drug-likeness (QED) is 0.348. The van der Waals surface area contributed by atoms with E-state index in [2.05, 4.69) is 27.9 Å². The predicted molar refractivity (Wildman–Crippen MR) is 67.4 cm³/mol. The van der Waals surface area contributed by atoms with Crippen molar-refractivity contribution in [2.45, 2.75) is 32.2 Å². The van der Waals surface area contributed by atoms with E-state index in [9.17, 15) is 9.59 Å². The van der Waals surface area contributed by atoms with Crippen LogP contribution in [0.5, 0.6) is 0 Å². The number of halogens is 1. The lowest BCUT2D eigenvalue weighted by molar-refractivity contribution is -0.151. The molecule has 0 aromatic rings. The second-order valence-corrected chi connectivity index (χ2v) is 4.16. The van der Waals surface area contributed by atoms with Crippen LogP contribution < -0.4 is 5.32 Å². The highest BCUT2D eigenvalue weighted by Crippen LogP contribution is 2.19. The Bertz CT molecular complexity index is 237. The van der Waals surface area contributed by atoms with Crippen molar-refractivity contribution in [1.29, 1.82) is 0 Å². The highest BCUT2D eigenvalue weighted by molar-refractivity contribution is 14.1. The molecule has 0 aliphatic heterocycles. The molecule has 1 unspecified atom stereocenters. The van der Waals surface area contributed by atoms with Crippen LogP contribution in [0, 0.1) is 0 Å². The Morgan fingerprint density at radius 1 is 1.47 bits per heavy atom. The summed E-state index contributed by atoms with van der Waals surface area (Å²) >= 11 is 2.14. The van der Waals surface area contributed by atoms with Crippen LogP contribution in [0.3, 0.4) is 0 Å². The fraction of sp³-hybridized carbons (Fsp3) is 0.778. The van der Waals surface area contributed by atoms with E-state index in [1.807, 2.05) is 6.92 Å². The van der Waals surface area contributed by atoms with Gasteiger partial charge < -0.3 is 10.1 Å². The average Bonchev–Trinajstić information content (AvgIpc) is 2.16. The summed E-state index contributed by atoms with van der Waals surface area (Å²) in [5.41, 5.74) is -0.969. The summed E-state index contributed by atoms with van der Waals surface area (Å²) in [4.78, 5) is 22.6. The Kier molecular flexibility index (Phi) is 6.96. The smallest absolute Gasteiger partial charge is 0.331 e. The zero-order valence-electron chi connectivity index (χ0n) is 9.01. The minimum Gasteiger partial charge on any atom is -0.464 e. The summed E-state index contributed by atoms with van der Waals surface area (Å²) in [6.07, 6.45) is 0.990. The van der Waals surface area contributed by atoms with Crippen molar-refractivity contribution in [3.63, 3.8) is 0 Å². The largest absolute Gasteiger partial charge is 0.464 e. The Morgan fingerprint density at radius 2 is 2.07 bits per heavy atom. The van der Waals surface area contributed by atoms with Crippen molar-refractivity contribution in [2.24, 2.45) is 0 Å². The van der Waals surface area contributed by atoms with Gasteiger partial charge in [0.25, 0.3) is 0 Å². The fourth-order valence-electron chi connectivity index (χ4n) is 1.29. The van der Waals surface area contributed by atoms with Gasteiger partial charge in [-0.15, -0.1) is 0 Å². The first-order valence-corrected chi connectivity index (χ1v) is 6.35. The molecule has 0 saturated heterocycles. The summed E-state index contributed by atoms with van der Waals surface area (Å²) in [5, 5.41) is 2.49. The van der Waals surface area contributed by atoms with Gasteiger partial charge in [-0.3, -0.25) is 4.79 Å². The monoisotopic (exact) mass is 323 g/mol. The molecule has 0 aliphatic carbocycles. The van der Waals surface area contributed by atoms with Crippen LogP contribution in [0.15, 0.2) is 0 Å². The summed E-state index contributed by atoms with van der Waals surface area (Å²) < 4.78 is 5.68. The van der Waals surface area contributed by atoms with Crippen LogP contribution in [0.25, 0.3) is 0 Å². The first-order valence-electron chi connectivity index (χ1n) is 4.83. The van der Waals surface area contributed by atoms with E-state index in [1.165, 1.54) is 0 Å². The minimum absolute atomic E-state index is 0.294. The van der Waals surface area contributed by atoms with E-state index in [0.717, 1.165) is 4.43 Å². The second-order valence-electron chi connectivity index (χ2n) is 3.08. The summed E-state index contributed by atoms with van der Waals surface area (Å²) in [6, 6.07) is 0. The number of hydrogen-bond donors (Lipinski definition) is 1. The number of rotatable bonds is 6. The SMILES string of the molecule is [B]C(=O)NC(CC)(CCI)C(=O)OCC. The maximum absolute atomic E-state index is 11.7. The van der Waals surface area contributed by atoms with E-state index in [-0.39, 0.29) is 0 Å². The maximum Gasteiger partial charge on any atom is 0.331 e. The van der Waals surface area contributed by atoms with Crippen molar-refractivity contribution in [3.05, 3.63) is 0 Å². The van der Waals surface area contributed by atoms with Crippen LogP contribution in [0.2, 0.25) is 0 Å². The number of carbonyl (C=O) groups excluding carboxylic acids is 2. The fourth-order valence-corrected chi connectivity index (χ4v) is 2.21. The molecular formula is C9H15BINO3. The van der Waals surface area contributed by atoms with Gasteiger partial charge >= 0.3 is 5.97 Å². The Labute approximate surface area is 105 Å². The number of ether oxygens (including phenoxy) is 1. The van der Waals surface area contributed by atoms with Gasteiger partial charge in [-0.1, -0.05) is 29.5 Å². The third-order valence-electron chi connectivity index (χ3n) is 2.15. The van der Waals surface area contributed by atoms with E-state index in [0.29, 0.717) is 19.4 Å². The lowest BCUT2D eigenvalue weighted by Crippen LogP contribution is -2.55. The molecule has 0 aromatic heterocycles. The Hall–Kier alpha value is -0.265. The molecule has 0 aromatic carbocycles. The molecule has 1 amide bonds. The van der Waals surface area contributed by atoms with E-state index < -0.39 is 17.3 Å². The van der Waals surface area contributed by atoms with Crippen LogP contribution >= 0.6 is 22.6 Å². The number of carbonyl (C=O) groups is 2. The first kappa shape index (κ1) is 14.7. The summed E-state index contributed by atoms with van der Waals surface area (Å²) in [5.74, 6) is -1.11. The molecule has 0 rings (SSSR count). The highest BCUT2D eigenvalue weighted by atomic mass is 127. The lowest BCUT2D eigenvalue weighted by atomic mass is 9.91. The van der Waals surface area contributed by atoms with Crippen molar-refractivity contribution in [2.75, 3.05) is 11.0 Å². The van der Waals surface area contributed by atoms with E-state index in [4.69, 9.17) is 12.6 Å². The lowest BCUT2D eigenvalue weighted by Gasteiger charge is -2.30. The molecular weight excluding hydrogens is 308 g/mol. The second kappa shape index (κ2) is 7.08. The standard InChI is InChI=1S/C9H15BINO3/c1-3-9(5-6-11,12-8(10)14)7(13)15-4-2/h3-6H2,1-2H3,(H,12,14). The molecule has 0 bridgehead atoms. The maximum atomic E-state index is 11.7. The van der Waals surface area contributed by atoms with Gasteiger partial charge in [0, 0.05) is 4.43 Å². The average molecular weight is 323 g/mol. The van der Waals surface area contributed by atoms with Crippen molar-refractivity contribution in [3.8, 4) is 0 Å². The van der Waals surface area contributed by atoms with Crippen LogP contribution in [0.1, 0.15) is 26.7 Å². The third kappa shape index (κ3) is 4.40. The van der Waals surface area contributed by atoms with Gasteiger partial charge in [0.05, 0.1) is 6.61 Å². The molecule has 2 radical (unpaired) electrons. The third-order valence-corrected chi connectivity index (χ3v) is 2.69. The van der Waals surface area contributed by atoms with Gasteiger partial charge in [-0.25, -0.2) is 4.79 Å². The molecule has 84 valence electrons. The summed E-state index contributed by atoms with van der Waals surface area (Å²) in [6.45, 7) is 3.84. The molecule has 1 N–H and O–H groups in total. The van der Waals surface area contributed by atoms with Crippen LogP contribution in [0.4, 0.5) is 4.79 Å². The number of hydrogen-bond acceptors (Lipinski definition) is 3. The topological polar surface area (TPSA) is 55.4 Å². The van der Waals surface area contributed by atoms with Crippen LogP contribution in [-0.2, 0) is 9.53 Å². The molecule has 0 fully saturated rings. The zero-order valence-corrected chi connectivity index (χ0v) is 11.2. The predicted octanol–water partition coefficient (Wildman–Crippen LogP) is 1.40. The molecule has 6 heteroatoms. The number of amides is 1. The molecule has 1 atom stereocenters. The van der Waals surface area contributed by atoms with Gasteiger partial charge in [0.2, 0.25) is 7.85 Å². The Balaban J connectivity index is 4.77. The number of alkyl halides is 1. The molecule has 4 nitrogen and oxygen atoms in total. The van der Waals surface area contributed by atoms with Crippen LogP contribution in [-0.4, -0.2) is 36.2 Å². The van der Waals surface area contributed by atoms with Gasteiger partial charge in [-0.05, 0) is 19.8 Å². The molecule has 0 spiro atoms. The van der Waals surface area contributed by atoms with Gasteiger partial charge in [0.1, 0.15) is 5.54 Å². The minimum atomic E-state index is -0.969. The Morgan fingerprint density at radius 3 is 2.40 bits per heavy atom. The zero-order chi connectivity index (χ0) is 11.9. The van der Waals surface area contributed by atoms with Crippen molar-refractivity contribution >= 4 is 42.2 Å². The molecule has 15 heavy (non-hydrogen) atoms. The summed E-state index contributed by atoms with van der Waals surface area (Å²) in [7, 11) is 5.06. The normalized spacial score (nSPS) is 14.1. The van der Waals surface area contributed by atoms with E-state index in [1.54, 1.807) is 6.92 Å². The van der Waals surface area contributed by atoms with Gasteiger partial charge in [-0.2, -0.15) is 0 Å². The molecule has 0 heterocycles.